The second-order valence-corrected chi connectivity index (χ2v) is 4.68. The molecule has 0 radical (unpaired) electrons. The van der Waals surface area contributed by atoms with E-state index < -0.39 is 5.82 Å². The molecule has 2 aromatic carbocycles. The average Bonchev–Trinajstić information content (AvgIpc) is 2.60. The third-order valence-electron chi connectivity index (χ3n) is 2.70. The molecule has 0 bridgehead atoms. The number of nitriles is 1. The minimum atomic E-state index is -0.488. The minimum absolute atomic E-state index is 0.152. The highest BCUT2D eigenvalue weighted by atomic mass is 32.2. The van der Waals surface area contributed by atoms with Gasteiger partial charge in [-0.05, 0) is 30.5 Å². The molecule has 0 aliphatic heterocycles. The molecule has 0 saturated carbocycles. The molecule has 0 aliphatic rings. The van der Waals surface area contributed by atoms with E-state index in [1.807, 2.05) is 12.3 Å². The van der Waals surface area contributed by atoms with E-state index in [9.17, 15) is 9.18 Å². The Balaban J connectivity index is 2.78. The van der Waals surface area contributed by atoms with Crippen LogP contribution in [0.15, 0.2) is 52.2 Å². The first-order chi connectivity index (χ1) is 9.17. The van der Waals surface area contributed by atoms with Crippen LogP contribution >= 0.6 is 11.8 Å². The summed E-state index contributed by atoms with van der Waals surface area (Å²) in [7, 11) is 0. The van der Waals surface area contributed by atoms with Crippen LogP contribution in [0, 0.1) is 17.1 Å². The Labute approximate surface area is 114 Å². The summed E-state index contributed by atoms with van der Waals surface area (Å²) in [6, 6.07) is 12.7. The Bertz CT molecular complexity index is 722. The van der Waals surface area contributed by atoms with Gasteiger partial charge in [-0.15, -0.1) is 11.8 Å². The molecule has 0 unspecified atom stereocenters. The first-order valence-corrected chi connectivity index (χ1v) is 6.77. The summed E-state index contributed by atoms with van der Waals surface area (Å²) in [5, 5.41) is 9.06. The molecule has 94 valence electrons. The van der Waals surface area contributed by atoms with Gasteiger partial charge in [0.15, 0.2) is 5.43 Å². The van der Waals surface area contributed by atoms with Crippen molar-refractivity contribution >= 4 is 11.8 Å². The fourth-order valence-electron chi connectivity index (χ4n) is 1.80. The van der Waals surface area contributed by atoms with Crippen LogP contribution in [0.25, 0.3) is 11.1 Å². The van der Waals surface area contributed by atoms with Crippen molar-refractivity contribution in [2.24, 2.45) is 0 Å². The van der Waals surface area contributed by atoms with Crippen molar-refractivity contribution in [2.45, 2.75) is 4.90 Å². The first kappa shape index (κ1) is 13.3. The highest BCUT2D eigenvalue weighted by molar-refractivity contribution is 7.98. The standard InChI is InChI=1S/C15H10FNOS/c1-19-14-5-3-2-4-13(15(14)18)12-7-6-11(16)8-10(12)9-17/h2-8H,1H3. The molecule has 0 aromatic heterocycles. The highest BCUT2D eigenvalue weighted by Gasteiger charge is 2.10. The van der Waals surface area contributed by atoms with Gasteiger partial charge in [-0.3, -0.25) is 4.79 Å². The van der Waals surface area contributed by atoms with Crippen molar-refractivity contribution in [3.8, 4) is 17.2 Å². The lowest BCUT2D eigenvalue weighted by molar-refractivity contribution is 0.627. The summed E-state index contributed by atoms with van der Waals surface area (Å²) in [5.41, 5.74) is 0.877. The Morgan fingerprint density at radius 1 is 1.16 bits per heavy atom. The van der Waals surface area contributed by atoms with Gasteiger partial charge in [-0.2, -0.15) is 5.26 Å². The summed E-state index contributed by atoms with van der Waals surface area (Å²) in [6.45, 7) is 0. The molecular weight excluding hydrogens is 261 g/mol. The van der Waals surface area contributed by atoms with Crippen molar-refractivity contribution in [2.75, 3.05) is 6.26 Å². The minimum Gasteiger partial charge on any atom is -0.288 e. The Morgan fingerprint density at radius 2 is 1.89 bits per heavy atom. The molecule has 0 fully saturated rings. The van der Waals surface area contributed by atoms with Crippen LogP contribution in [0.1, 0.15) is 5.56 Å². The van der Waals surface area contributed by atoms with Gasteiger partial charge in [0.2, 0.25) is 0 Å². The van der Waals surface area contributed by atoms with Crippen LogP contribution in [0.2, 0.25) is 0 Å². The van der Waals surface area contributed by atoms with Crippen molar-refractivity contribution in [3.63, 3.8) is 0 Å². The van der Waals surface area contributed by atoms with Crippen molar-refractivity contribution in [1.29, 1.82) is 5.26 Å². The third kappa shape index (κ3) is 2.67. The fraction of sp³-hybridized carbons (Fsp3) is 0.0667. The topological polar surface area (TPSA) is 40.9 Å². The molecule has 0 atom stereocenters. The molecule has 0 spiro atoms. The molecular formula is C15H10FNOS. The smallest absolute Gasteiger partial charge is 0.199 e. The molecule has 2 nitrogen and oxygen atoms in total. The molecule has 19 heavy (non-hydrogen) atoms. The van der Waals surface area contributed by atoms with E-state index in [-0.39, 0.29) is 11.0 Å². The van der Waals surface area contributed by atoms with E-state index in [1.54, 1.807) is 24.3 Å². The van der Waals surface area contributed by atoms with E-state index >= 15 is 0 Å². The van der Waals surface area contributed by atoms with Crippen molar-refractivity contribution in [3.05, 3.63) is 64.1 Å². The SMILES string of the molecule is CSc1ccccc(-c2ccc(F)cc2C#N)c1=O. The zero-order valence-corrected chi connectivity index (χ0v) is 11.0. The number of thioether (sulfide) groups is 1. The maximum atomic E-state index is 13.1. The Kier molecular flexibility index (Phi) is 3.98. The maximum Gasteiger partial charge on any atom is 0.199 e. The number of halogens is 1. The third-order valence-corrected chi connectivity index (χ3v) is 3.46. The predicted molar refractivity (Wildman–Crippen MR) is 74.6 cm³/mol. The van der Waals surface area contributed by atoms with Crippen LogP contribution in [-0.4, -0.2) is 6.26 Å². The van der Waals surface area contributed by atoms with E-state index in [1.165, 1.54) is 23.9 Å². The van der Waals surface area contributed by atoms with Crippen LogP contribution in [-0.2, 0) is 0 Å². The van der Waals surface area contributed by atoms with Gasteiger partial charge in [0.25, 0.3) is 0 Å². The Hall–Kier alpha value is -2.12. The zero-order chi connectivity index (χ0) is 13.8. The molecule has 2 rings (SSSR count). The molecule has 2 aromatic rings. The van der Waals surface area contributed by atoms with Gasteiger partial charge in [0.1, 0.15) is 5.82 Å². The normalized spacial score (nSPS) is 9.95. The largest absolute Gasteiger partial charge is 0.288 e. The second kappa shape index (κ2) is 5.68. The molecule has 4 heteroatoms. The van der Waals surface area contributed by atoms with Crippen molar-refractivity contribution < 1.29 is 4.39 Å². The average molecular weight is 271 g/mol. The van der Waals surface area contributed by atoms with Crippen molar-refractivity contribution in [1.82, 2.24) is 0 Å². The number of nitrogens with zero attached hydrogens (tertiary/aromatic N) is 1. The lowest BCUT2D eigenvalue weighted by Crippen LogP contribution is -2.04. The molecule has 0 N–H and O–H groups in total. The van der Waals surface area contributed by atoms with E-state index in [0.717, 1.165) is 6.07 Å². The summed E-state index contributed by atoms with van der Waals surface area (Å²) in [5.74, 6) is -0.488. The lowest BCUT2D eigenvalue weighted by atomic mass is 10.0. The first-order valence-electron chi connectivity index (χ1n) is 5.54. The van der Waals surface area contributed by atoms with Crippen LogP contribution in [0.4, 0.5) is 4.39 Å². The summed E-state index contributed by atoms with van der Waals surface area (Å²) >= 11 is 1.34. The van der Waals surface area contributed by atoms with Crippen LogP contribution in [0.3, 0.4) is 0 Å². The van der Waals surface area contributed by atoms with E-state index in [0.29, 0.717) is 16.0 Å². The van der Waals surface area contributed by atoms with Gasteiger partial charge in [0.05, 0.1) is 16.5 Å². The molecule has 0 heterocycles. The fourth-order valence-corrected chi connectivity index (χ4v) is 2.31. The predicted octanol–water partition coefficient (Wildman–Crippen LogP) is 3.45. The van der Waals surface area contributed by atoms with Gasteiger partial charge < -0.3 is 0 Å². The van der Waals surface area contributed by atoms with Gasteiger partial charge in [-0.25, -0.2) is 4.39 Å². The molecule has 0 saturated heterocycles. The number of hydrogen-bond acceptors (Lipinski definition) is 3. The maximum absolute atomic E-state index is 13.1. The van der Waals surface area contributed by atoms with Gasteiger partial charge in [0, 0.05) is 11.1 Å². The Morgan fingerprint density at radius 3 is 2.58 bits per heavy atom. The lowest BCUT2D eigenvalue weighted by Gasteiger charge is -2.02. The molecule has 0 amide bonds. The summed E-state index contributed by atoms with van der Waals surface area (Å²) in [4.78, 5) is 12.9. The quantitative estimate of drug-likeness (QED) is 0.785. The second-order valence-electron chi connectivity index (χ2n) is 3.83. The van der Waals surface area contributed by atoms with E-state index in [2.05, 4.69) is 0 Å². The molecule has 0 aliphatic carbocycles. The number of benzene rings is 1. The number of hydrogen-bond donors (Lipinski definition) is 0. The van der Waals surface area contributed by atoms with Crippen LogP contribution < -0.4 is 5.43 Å². The van der Waals surface area contributed by atoms with Gasteiger partial charge in [-0.1, -0.05) is 18.2 Å². The summed E-state index contributed by atoms with van der Waals surface area (Å²) < 4.78 is 13.1. The van der Waals surface area contributed by atoms with E-state index in [4.69, 9.17) is 5.26 Å². The van der Waals surface area contributed by atoms with Gasteiger partial charge >= 0.3 is 0 Å². The summed E-state index contributed by atoms with van der Waals surface area (Å²) in [6.07, 6.45) is 1.82. The van der Waals surface area contributed by atoms with Crippen LogP contribution in [0.5, 0.6) is 0 Å². The zero-order valence-electron chi connectivity index (χ0n) is 10.2. The monoisotopic (exact) mass is 271 g/mol. The number of rotatable bonds is 2. The highest BCUT2D eigenvalue weighted by Crippen LogP contribution is 2.22.